The molecule has 0 saturated heterocycles. The molecule has 0 radical (unpaired) electrons. The first kappa shape index (κ1) is 11.6. The molecule has 1 aromatic rings. The lowest BCUT2D eigenvalue weighted by molar-refractivity contribution is -0.142. The third-order valence-corrected chi connectivity index (χ3v) is 2.65. The Bertz CT molecular complexity index is 350. The van der Waals surface area contributed by atoms with Crippen molar-refractivity contribution in [1.29, 1.82) is 0 Å². The average molecular weight is 229 g/mol. The van der Waals surface area contributed by atoms with Crippen LogP contribution in [0.15, 0.2) is 5.38 Å². The molecule has 0 aliphatic heterocycles. The number of hydrogen-bond acceptors (Lipinski definition) is 6. The fourth-order valence-electron chi connectivity index (χ4n) is 0.893. The molecule has 5 nitrogen and oxygen atoms in total. The highest BCUT2D eigenvalue weighted by molar-refractivity contribution is 7.09. The van der Waals surface area contributed by atoms with Crippen molar-refractivity contribution in [2.75, 3.05) is 0 Å². The quantitative estimate of drug-likeness (QED) is 0.564. The first-order chi connectivity index (χ1) is 7.13. The Hall–Kier alpha value is -1.43. The maximum absolute atomic E-state index is 10.5. The van der Waals surface area contributed by atoms with Gasteiger partial charge in [-0.1, -0.05) is 0 Å². The van der Waals surface area contributed by atoms with Gasteiger partial charge >= 0.3 is 5.97 Å². The van der Waals surface area contributed by atoms with Crippen LogP contribution in [0.2, 0.25) is 0 Å². The van der Waals surface area contributed by atoms with Gasteiger partial charge in [-0.2, -0.15) is 0 Å². The smallest absolute Gasteiger partial charge is 0.303 e. The number of nitrogens with zero attached hydrogens (tertiary/aromatic N) is 1. The van der Waals surface area contributed by atoms with Gasteiger partial charge in [0.1, 0.15) is 17.7 Å². The number of thiazole rings is 1. The molecular formula is C9H11NO4S. The molecule has 0 bridgehead atoms. The zero-order valence-corrected chi connectivity index (χ0v) is 9.24. The third-order valence-electron chi connectivity index (χ3n) is 1.60. The standard InChI is InChI=1S/C9H11NO4S/c1-6(14-5-11)9-10-8(4-15-9)3-13-7(2)12/h4-6H,3H2,1-2H3. The van der Waals surface area contributed by atoms with E-state index in [1.807, 2.05) is 0 Å². The molecule has 0 spiro atoms. The zero-order valence-electron chi connectivity index (χ0n) is 8.43. The Morgan fingerprint density at radius 3 is 3.07 bits per heavy atom. The van der Waals surface area contributed by atoms with E-state index in [0.717, 1.165) is 0 Å². The molecule has 0 saturated carbocycles. The second-order valence-corrected chi connectivity index (χ2v) is 3.72. The van der Waals surface area contributed by atoms with Crippen molar-refractivity contribution in [3.63, 3.8) is 0 Å². The highest BCUT2D eigenvalue weighted by atomic mass is 32.1. The number of carbonyl (C=O) groups is 2. The molecule has 1 heterocycles. The Balaban J connectivity index is 2.55. The summed E-state index contributed by atoms with van der Waals surface area (Å²) in [4.78, 5) is 24.8. The largest absolute Gasteiger partial charge is 0.459 e. The van der Waals surface area contributed by atoms with Crippen LogP contribution in [0, 0.1) is 0 Å². The van der Waals surface area contributed by atoms with Gasteiger partial charge in [-0.05, 0) is 6.92 Å². The van der Waals surface area contributed by atoms with E-state index in [1.54, 1.807) is 12.3 Å². The molecule has 6 heteroatoms. The molecule has 0 aliphatic carbocycles. The summed E-state index contributed by atoms with van der Waals surface area (Å²) in [6, 6.07) is 0. The monoisotopic (exact) mass is 229 g/mol. The van der Waals surface area contributed by atoms with E-state index in [9.17, 15) is 9.59 Å². The van der Waals surface area contributed by atoms with Gasteiger partial charge in [-0.15, -0.1) is 11.3 Å². The highest BCUT2D eigenvalue weighted by Gasteiger charge is 2.11. The van der Waals surface area contributed by atoms with Gasteiger partial charge in [-0.3, -0.25) is 9.59 Å². The number of ether oxygens (including phenoxy) is 2. The molecule has 1 rings (SSSR count). The summed E-state index contributed by atoms with van der Waals surface area (Å²) in [6.07, 6.45) is -0.362. The van der Waals surface area contributed by atoms with Crippen LogP contribution in [0.1, 0.15) is 30.7 Å². The molecular weight excluding hydrogens is 218 g/mol. The van der Waals surface area contributed by atoms with Gasteiger partial charge in [-0.25, -0.2) is 4.98 Å². The zero-order chi connectivity index (χ0) is 11.3. The molecule has 82 valence electrons. The summed E-state index contributed by atoms with van der Waals surface area (Å²) >= 11 is 1.36. The maximum Gasteiger partial charge on any atom is 0.303 e. The molecule has 0 aliphatic rings. The Labute approximate surface area is 91.0 Å². The van der Waals surface area contributed by atoms with Crippen LogP contribution in [0.3, 0.4) is 0 Å². The molecule has 1 unspecified atom stereocenters. The predicted octanol–water partition coefficient (Wildman–Crippen LogP) is 1.44. The highest BCUT2D eigenvalue weighted by Crippen LogP contribution is 2.20. The number of aromatic nitrogens is 1. The van der Waals surface area contributed by atoms with E-state index >= 15 is 0 Å². The van der Waals surface area contributed by atoms with Crippen LogP contribution in [0.25, 0.3) is 0 Å². The van der Waals surface area contributed by atoms with E-state index in [4.69, 9.17) is 9.47 Å². The van der Waals surface area contributed by atoms with Crippen molar-refractivity contribution in [2.45, 2.75) is 26.6 Å². The number of hydrogen-bond donors (Lipinski definition) is 0. The van der Waals surface area contributed by atoms with E-state index in [0.29, 0.717) is 17.2 Å². The molecule has 0 fully saturated rings. The lowest BCUT2D eigenvalue weighted by Gasteiger charge is -2.04. The number of rotatable bonds is 5. The van der Waals surface area contributed by atoms with Gasteiger partial charge in [0.2, 0.25) is 0 Å². The van der Waals surface area contributed by atoms with Crippen LogP contribution in [-0.2, 0) is 25.7 Å². The van der Waals surface area contributed by atoms with Gasteiger partial charge in [0, 0.05) is 12.3 Å². The van der Waals surface area contributed by atoms with Crippen LogP contribution in [0.5, 0.6) is 0 Å². The Morgan fingerprint density at radius 1 is 1.73 bits per heavy atom. The van der Waals surface area contributed by atoms with Crippen LogP contribution < -0.4 is 0 Å². The first-order valence-electron chi connectivity index (χ1n) is 4.30. The molecule has 0 amide bonds. The summed E-state index contributed by atoms with van der Waals surface area (Å²) in [7, 11) is 0. The fraction of sp³-hybridized carbons (Fsp3) is 0.444. The second kappa shape index (κ2) is 5.45. The molecule has 0 aromatic carbocycles. The van der Waals surface area contributed by atoms with Crippen LogP contribution >= 0.6 is 11.3 Å². The van der Waals surface area contributed by atoms with Crippen LogP contribution in [-0.4, -0.2) is 17.4 Å². The minimum Gasteiger partial charge on any atom is -0.459 e. The van der Waals surface area contributed by atoms with Crippen molar-refractivity contribution < 1.29 is 19.1 Å². The average Bonchev–Trinajstić information content (AvgIpc) is 2.63. The van der Waals surface area contributed by atoms with Crippen molar-refractivity contribution in [1.82, 2.24) is 4.98 Å². The van der Waals surface area contributed by atoms with E-state index in [1.165, 1.54) is 18.3 Å². The van der Waals surface area contributed by atoms with E-state index in [-0.39, 0.29) is 18.7 Å². The fourth-order valence-corrected chi connectivity index (χ4v) is 1.69. The van der Waals surface area contributed by atoms with Gasteiger partial charge in [0.25, 0.3) is 6.47 Å². The molecule has 0 N–H and O–H groups in total. The van der Waals surface area contributed by atoms with E-state index in [2.05, 4.69) is 4.98 Å². The van der Waals surface area contributed by atoms with Gasteiger partial charge in [0.15, 0.2) is 0 Å². The van der Waals surface area contributed by atoms with Gasteiger partial charge < -0.3 is 9.47 Å². The third kappa shape index (κ3) is 3.67. The minimum atomic E-state index is -0.362. The van der Waals surface area contributed by atoms with Crippen molar-refractivity contribution in [3.05, 3.63) is 16.1 Å². The molecule has 1 atom stereocenters. The first-order valence-corrected chi connectivity index (χ1v) is 5.18. The summed E-state index contributed by atoms with van der Waals surface area (Å²) in [5.74, 6) is -0.346. The topological polar surface area (TPSA) is 65.5 Å². The lowest BCUT2D eigenvalue weighted by Crippen LogP contribution is -2.01. The summed E-state index contributed by atoms with van der Waals surface area (Å²) in [6.45, 7) is 3.60. The summed E-state index contributed by atoms with van der Waals surface area (Å²) < 4.78 is 9.50. The Morgan fingerprint density at radius 2 is 2.47 bits per heavy atom. The van der Waals surface area contributed by atoms with Crippen molar-refractivity contribution in [3.8, 4) is 0 Å². The van der Waals surface area contributed by atoms with Crippen molar-refractivity contribution in [2.24, 2.45) is 0 Å². The molecule has 15 heavy (non-hydrogen) atoms. The minimum absolute atomic E-state index is 0.152. The number of carbonyl (C=O) groups excluding carboxylic acids is 2. The van der Waals surface area contributed by atoms with E-state index < -0.39 is 0 Å². The second-order valence-electron chi connectivity index (χ2n) is 2.83. The van der Waals surface area contributed by atoms with Crippen LogP contribution in [0.4, 0.5) is 0 Å². The summed E-state index contributed by atoms with van der Waals surface area (Å²) in [5.41, 5.74) is 0.659. The number of esters is 1. The van der Waals surface area contributed by atoms with Crippen molar-refractivity contribution >= 4 is 23.8 Å². The predicted molar refractivity (Wildman–Crippen MR) is 53.1 cm³/mol. The maximum atomic E-state index is 10.5. The normalized spacial score (nSPS) is 11.9. The van der Waals surface area contributed by atoms with Gasteiger partial charge in [0.05, 0.1) is 5.69 Å². The summed E-state index contributed by atoms with van der Waals surface area (Å²) in [5, 5.41) is 2.45. The Kier molecular flexibility index (Phi) is 4.23. The lowest BCUT2D eigenvalue weighted by atomic mass is 10.4. The molecule has 1 aromatic heterocycles. The SMILES string of the molecule is CC(=O)OCc1csc(C(C)OC=O)n1.